The summed E-state index contributed by atoms with van der Waals surface area (Å²) in [6.07, 6.45) is 0. The van der Waals surface area contributed by atoms with E-state index in [0.29, 0.717) is 0 Å². The number of ether oxygens (including phenoxy) is 1. The predicted molar refractivity (Wildman–Crippen MR) is 67.7 cm³/mol. The monoisotopic (exact) mass is 293 g/mol. The lowest BCUT2D eigenvalue weighted by Gasteiger charge is -2.08. The van der Waals surface area contributed by atoms with Crippen LogP contribution in [0.25, 0.3) is 0 Å². The predicted octanol–water partition coefficient (Wildman–Crippen LogP) is 1.43. The molecule has 1 aromatic rings. The van der Waals surface area contributed by atoms with Gasteiger partial charge < -0.3 is 9.84 Å². The van der Waals surface area contributed by atoms with Crippen molar-refractivity contribution in [2.45, 2.75) is 0 Å². The molecule has 0 bridgehead atoms. The van der Waals surface area contributed by atoms with Crippen LogP contribution in [-0.2, 0) is 14.8 Å². The zero-order valence-corrected chi connectivity index (χ0v) is 11.1. The lowest BCUT2D eigenvalue weighted by molar-refractivity contribution is 0.0697. The normalized spacial score (nSPS) is 11.2. The molecular weight excluding hydrogens is 282 g/mol. The first-order chi connectivity index (χ1) is 8.34. The molecule has 0 aliphatic heterocycles. The maximum absolute atomic E-state index is 11.6. The van der Waals surface area contributed by atoms with Gasteiger partial charge in [0.05, 0.1) is 23.6 Å². The molecule has 0 aliphatic carbocycles. The molecule has 0 radical (unpaired) electrons. The van der Waals surface area contributed by atoms with Crippen LogP contribution in [-0.4, -0.2) is 39.0 Å². The Balaban J connectivity index is 2.94. The molecule has 0 saturated heterocycles. The Kier molecular flexibility index (Phi) is 4.94. The third-order valence-corrected chi connectivity index (χ3v) is 3.44. The van der Waals surface area contributed by atoms with E-state index in [2.05, 4.69) is 9.46 Å². The highest BCUT2D eigenvalue weighted by Crippen LogP contribution is 2.20. The molecule has 18 heavy (non-hydrogen) atoms. The summed E-state index contributed by atoms with van der Waals surface area (Å²) in [5, 5.41) is 8.96. The van der Waals surface area contributed by atoms with Gasteiger partial charge in [0.2, 0.25) is 10.0 Å². The zero-order chi connectivity index (χ0) is 13.8. The van der Waals surface area contributed by atoms with E-state index in [1.165, 1.54) is 25.3 Å². The van der Waals surface area contributed by atoms with Gasteiger partial charge in [-0.25, -0.2) is 13.2 Å². The average Bonchev–Trinajstić information content (AvgIpc) is 2.25. The minimum absolute atomic E-state index is 0.0433. The Morgan fingerprint density at radius 2 is 2.11 bits per heavy atom. The number of hydrogen-bond donors (Lipinski definition) is 2. The quantitative estimate of drug-likeness (QED) is 0.827. The summed E-state index contributed by atoms with van der Waals surface area (Å²) in [4.78, 5) is 10.8. The topological polar surface area (TPSA) is 92.7 Å². The van der Waals surface area contributed by atoms with E-state index < -0.39 is 16.0 Å². The van der Waals surface area contributed by atoms with E-state index in [-0.39, 0.29) is 28.6 Å². The van der Waals surface area contributed by atoms with Gasteiger partial charge in [0.1, 0.15) is 0 Å². The van der Waals surface area contributed by atoms with E-state index in [1.54, 1.807) is 0 Å². The van der Waals surface area contributed by atoms with Gasteiger partial charge in [-0.1, -0.05) is 11.6 Å². The van der Waals surface area contributed by atoms with Gasteiger partial charge in [-0.05, 0) is 18.2 Å². The van der Waals surface area contributed by atoms with Crippen LogP contribution in [0, 0.1) is 0 Å². The average molecular weight is 294 g/mol. The zero-order valence-electron chi connectivity index (χ0n) is 9.51. The number of carbonyl (C=O) groups is 1. The number of methoxy groups -OCH3 is 1. The largest absolute Gasteiger partial charge is 0.478 e. The Morgan fingerprint density at radius 1 is 1.44 bits per heavy atom. The number of rotatable bonds is 6. The van der Waals surface area contributed by atoms with Gasteiger partial charge in [-0.15, -0.1) is 0 Å². The Morgan fingerprint density at radius 3 is 2.67 bits per heavy atom. The third kappa shape index (κ3) is 4.52. The molecule has 0 saturated carbocycles. The number of carboxylic acid groups (broad SMARTS) is 1. The highest BCUT2D eigenvalue weighted by molar-refractivity contribution is 7.92. The van der Waals surface area contributed by atoms with Crippen molar-refractivity contribution in [2.75, 3.05) is 24.2 Å². The Labute approximate surface area is 110 Å². The van der Waals surface area contributed by atoms with E-state index in [1.807, 2.05) is 0 Å². The van der Waals surface area contributed by atoms with Crippen LogP contribution >= 0.6 is 11.6 Å². The standard InChI is InChI=1S/C10H12ClNO5S/c1-17-2-3-18(15,16)12-9-5-7(10(13)14)4-8(11)6-9/h4-6,12H,2-3H2,1H3,(H,13,14). The van der Waals surface area contributed by atoms with Crippen LogP contribution in [0.3, 0.4) is 0 Å². The summed E-state index contributed by atoms with van der Waals surface area (Å²) >= 11 is 5.70. The van der Waals surface area contributed by atoms with Gasteiger partial charge in [-0.3, -0.25) is 4.72 Å². The van der Waals surface area contributed by atoms with Crippen LogP contribution in [0.1, 0.15) is 10.4 Å². The maximum Gasteiger partial charge on any atom is 0.335 e. The molecule has 1 rings (SSSR count). The number of sulfonamides is 1. The molecule has 0 amide bonds. The molecule has 0 fully saturated rings. The molecule has 0 atom stereocenters. The number of nitrogens with one attached hydrogen (secondary N) is 1. The van der Waals surface area contributed by atoms with Crippen molar-refractivity contribution in [3.05, 3.63) is 28.8 Å². The maximum atomic E-state index is 11.6. The van der Waals surface area contributed by atoms with Gasteiger partial charge in [-0.2, -0.15) is 0 Å². The van der Waals surface area contributed by atoms with E-state index >= 15 is 0 Å². The molecule has 0 unspecified atom stereocenters. The van der Waals surface area contributed by atoms with Crippen LogP contribution in [0.15, 0.2) is 18.2 Å². The molecule has 8 heteroatoms. The van der Waals surface area contributed by atoms with E-state index in [4.69, 9.17) is 16.7 Å². The first-order valence-corrected chi connectivity index (χ1v) is 6.90. The summed E-state index contributed by atoms with van der Waals surface area (Å²) in [6, 6.07) is 3.76. The van der Waals surface area contributed by atoms with Crippen molar-refractivity contribution in [3.8, 4) is 0 Å². The van der Waals surface area contributed by atoms with E-state index in [9.17, 15) is 13.2 Å². The molecule has 1 aromatic carbocycles. The van der Waals surface area contributed by atoms with Gasteiger partial charge >= 0.3 is 5.97 Å². The van der Waals surface area contributed by atoms with Crippen LogP contribution in [0.4, 0.5) is 5.69 Å². The number of anilines is 1. The molecule has 0 spiro atoms. The lowest BCUT2D eigenvalue weighted by Crippen LogP contribution is -2.19. The lowest BCUT2D eigenvalue weighted by atomic mass is 10.2. The third-order valence-electron chi connectivity index (χ3n) is 1.97. The molecule has 0 aromatic heterocycles. The number of aromatic carboxylic acids is 1. The smallest absolute Gasteiger partial charge is 0.335 e. The van der Waals surface area contributed by atoms with Crippen molar-refractivity contribution in [1.82, 2.24) is 0 Å². The van der Waals surface area contributed by atoms with Gasteiger partial charge in [0, 0.05) is 12.1 Å². The highest BCUT2D eigenvalue weighted by Gasteiger charge is 2.12. The fraction of sp³-hybridized carbons (Fsp3) is 0.300. The van der Waals surface area contributed by atoms with Crippen LogP contribution in [0.5, 0.6) is 0 Å². The van der Waals surface area contributed by atoms with Gasteiger partial charge in [0.15, 0.2) is 0 Å². The number of halogens is 1. The molecule has 2 N–H and O–H groups in total. The Bertz CT molecular complexity index is 543. The van der Waals surface area contributed by atoms with Gasteiger partial charge in [0.25, 0.3) is 0 Å². The second-order valence-electron chi connectivity index (χ2n) is 3.45. The number of carboxylic acids is 1. The summed E-state index contributed by atoms with van der Waals surface area (Å²) in [7, 11) is -2.20. The van der Waals surface area contributed by atoms with Crippen LogP contribution in [0.2, 0.25) is 5.02 Å². The van der Waals surface area contributed by atoms with Crippen molar-refractivity contribution in [2.24, 2.45) is 0 Å². The number of hydrogen-bond acceptors (Lipinski definition) is 4. The van der Waals surface area contributed by atoms with Crippen molar-refractivity contribution < 1.29 is 23.1 Å². The van der Waals surface area contributed by atoms with Crippen LogP contribution < -0.4 is 4.72 Å². The molecular formula is C10H12ClNO5S. The fourth-order valence-electron chi connectivity index (χ4n) is 1.20. The first-order valence-electron chi connectivity index (χ1n) is 4.87. The minimum Gasteiger partial charge on any atom is -0.478 e. The molecule has 100 valence electrons. The summed E-state index contributed by atoms with van der Waals surface area (Å²) < 4.78 is 30.0. The molecule has 6 nitrogen and oxygen atoms in total. The minimum atomic E-state index is -3.58. The first kappa shape index (κ1) is 14.7. The second kappa shape index (κ2) is 6.03. The summed E-state index contributed by atoms with van der Waals surface area (Å²) in [5.74, 6) is -1.41. The SMILES string of the molecule is COCCS(=O)(=O)Nc1cc(Cl)cc(C(=O)O)c1. The van der Waals surface area contributed by atoms with E-state index in [0.717, 1.165) is 0 Å². The fourth-order valence-corrected chi connectivity index (χ4v) is 2.40. The van der Waals surface area contributed by atoms with Crippen molar-refractivity contribution in [3.63, 3.8) is 0 Å². The summed E-state index contributed by atoms with van der Waals surface area (Å²) in [5.41, 5.74) is 0.0166. The van der Waals surface area contributed by atoms with Crippen molar-refractivity contribution in [1.29, 1.82) is 0 Å². The molecule has 0 aliphatic rings. The Hall–Kier alpha value is -1.31. The van der Waals surface area contributed by atoms with Crippen molar-refractivity contribution >= 4 is 33.3 Å². The number of benzene rings is 1. The summed E-state index contributed by atoms with van der Waals surface area (Å²) in [6.45, 7) is 0.0433. The second-order valence-corrected chi connectivity index (χ2v) is 5.73. The molecule has 0 heterocycles. The highest BCUT2D eigenvalue weighted by atomic mass is 35.5.